The van der Waals surface area contributed by atoms with E-state index in [1.54, 1.807) is 35.1 Å². The van der Waals surface area contributed by atoms with Crippen molar-refractivity contribution in [3.8, 4) is 5.69 Å². The Hall–Kier alpha value is -3.55. The lowest BCUT2D eigenvalue weighted by molar-refractivity contribution is -0.384. The second kappa shape index (κ2) is 7.77. The van der Waals surface area contributed by atoms with E-state index in [-0.39, 0.29) is 24.1 Å². The SMILES string of the molecule is C[C@H](c1ccc(-n2cncn2)cc1)N(C)C(=O)Cc1ccc([N+](=O)[O-])cc1. The Morgan fingerprint density at radius 3 is 2.41 bits per heavy atom. The third kappa shape index (κ3) is 4.17. The number of nitro groups is 1. The summed E-state index contributed by atoms with van der Waals surface area (Å²) in [4.78, 5) is 28.4. The van der Waals surface area contributed by atoms with Crippen molar-refractivity contribution < 1.29 is 9.72 Å². The molecule has 0 N–H and O–H groups in total. The number of rotatable bonds is 6. The summed E-state index contributed by atoms with van der Waals surface area (Å²) in [6.07, 6.45) is 3.29. The molecule has 0 spiro atoms. The van der Waals surface area contributed by atoms with Gasteiger partial charge in [0.2, 0.25) is 5.91 Å². The van der Waals surface area contributed by atoms with Crippen LogP contribution in [0.25, 0.3) is 5.69 Å². The molecule has 1 aromatic heterocycles. The molecule has 1 heterocycles. The Labute approximate surface area is 156 Å². The minimum Gasteiger partial charge on any atom is -0.339 e. The van der Waals surface area contributed by atoms with E-state index < -0.39 is 4.92 Å². The van der Waals surface area contributed by atoms with E-state index in [1.165, 1.54) is 18.5 Å². The molecule has 8 nitrogen and oxygen atoms in total. The molecule has 0 bridgehead atoms. The van der Waals surface area contributed by atoms with Crippen LogP contribution in [0.5, 0.6) is 0 Å². The first kappa shape index (κ1) is 18.2. The molecule has 0 aliphatic carbocycles. The molecule has 0 saturated carbocycles. The van der Waals surface area contributed by atoms with E-state index in [9.17, 15) is 14.9 Å². The highest BCUT2D eigenvalue weighted by Gasteiger charge is 2.18. The molecule has 138 valence electrons. The van der Waals surface area contributed by atoms with Gasteiger partial charge in [0.25, 0.3) is 5.69 Å². The second-order valence-electron chi connectivity index (χ2n) is 6.21. The van der Waals surface area contributed by atoms with Gasteiger partial charge in [-0.15, -0.1) is 0 Å². The monoisotopic (exact) mass is 365 g/mol. The van der Waals surface area contributed by atoms with Crippen molar-refractivity contribution >= 4 is 11.6 Å². The minimum absolute atomic E-state index is 0.0143. The van der Waals surface area contributed by atoms with Gasteiger partial charge >= 0.3 is 0 Å². The summed E-state index contributed by atoms with van der Waals surface area (Å²) in [6.45, 7) is 1.96. The van der Waals surface area contributed by atoms with Crippen molar-refractivity contribution in [2.24, 2.45) is 0 Å². The predicted molar refractivity (Wildman–Crippen MR) is 99.3 cm³/mol. The van der Waals surface area contributed by atoms with Gasteiger partial charge < -0.3 is 4.90 Å². The summed E-state index contributed by atoms with van der Waals surface area (Å²) < 4.78 is 1.66. The van der Waals surface area contributed by atoms with E-state index in [4.69, 9.17) is 0 Å². The largest absolute Gasteiger partial charge is 0.339 e. The van der Waals surface area contributed by atoms with Crippen LogP contribution in [0.4, 0.5) is 5.69 Å². The van der Waals surface area contributed by atoms with Gasteiger partial charge in [0, 0.05) is 19.2 Å². The Bertz CT molecular complexity index is 921. The first-order valence-electron chi connectivity index (χ1n) is 8.39. The first-order valence-corrected chi connectivity index (χ1v) is 8.39. The van der Waals surface area contributed by atoms with Crippen LogP contribution in [0, 0.1) is 10.1 Å². The van der Waals surface area contributed by atoms with Crippen LogP contribution in [0.15, 0.2) is 61.2 Å². The number of nitrogens with zero attached hydrogens (tertiary/aromatic N) is 5. The van der Waals surface area contributed by atoms with Gasteiger partial charge in [-0.2, -0.15) is 5.10 Å². The minimum atomic E-state index is -0.456. The molecule has 0 aliphatic heterocycles. The number of hydrogen-bond acceptors (Lipinski definition) is 5. The summed E-state index contributed by atoms with van der Waals surface area (Å²) >= 11 is 0. The number of aromatic nitrogens is 3. The van der Waals surface area contributed by atoms with E-state index in [1.807, 2.05) is 31.2 Å². The molecule has 1 amide bonds. The fourth-order valence-electron chi connectivity index (χ4n) is 2.72. The number of carbonyl (C=O) groups is 1. The molecule has 0 unspecified atom stereocenters. The molecule has 0 saturated heterocycles. The van der Waals surface area contributed by atoms with Crippen LogP contribution in [0.2, 0.25) is 0 Å². The summed E-state index contributed by atoms with van der Waals surface area (Å²) in [5.41, 5.74) is 2.65. The molecule has 3 rings (SSSR count). The predicted octanol–water partition coefficient (Wildman–Crippen LogP) is 2.94. The maximum atomic E-state index is 12.6. The van der Waals surface area contributed by atoms with Crippen LogP contribution in [0.1, 0.15) is 24.1 Å². The maximum absolute atomic E-state index is 12.6. The fourth-order valence-corrected chi connectivity index (χ4v) is 2.72. The lowest BCUT2D eigenvalue weighted by Gasteiger charge is -2.25. The Morgan fingerprint density at radius 1 is 1.19 bits per heavy atom. The quantitative estimate of drug-likeness (QED) is 0.494. The molecule has 27 heavy (non-hydrogen) atoms. The highest BCUT2D eigenvalue weighted by atomic mass is 16.6. The summed E-state index contributed by atoms with van der Waals surface area (Å²) in [5, 5.41) is 14.8. The smallest absolute Gasteiger partial charge is 0.269 e. The first-order chi connectivity index (χ1) is 13.0. The highest BCUT2D eigenvalue weighted by Crippen LogP contribution is 2.21. The fraction of sp³-hybridized carbons (Fsp3) is 0.211. The van der Waals surface area contributed by atoms with Crippen LogP contribution in [-0.4, -0.2) is 37.5 Å². The molecular formula is C19H19N5O3. The van der Waals surface area contributed by atoms with Crippen molar-refractivity contribution in [3.05, 3.63) is 82.4 Å². The Balaban J connectivity index is 1.66. The second-order valence-corrected chi connectivity index (χ2v) is 6.21. The topological polar surface area (TPSA) is 94.2 Å². The molecule has 1 atom stereocenters. The van der Waals surface area contributed by atoms with Gasteiger partial charge in [0.05, 0.1) is 23.1 Å². The van der Waals surface area contributed by atoms with E-state index in [2.05, 4.69) is 10.1 Å². The van der Waals surface area contributed by atoms with Crippen molar-refractivity contribution in [2.45, 2.75) is 19.4 Å². The van der Waals surface area contributed by atoms with Crippen LogP contribution in [-0.2, 0) is 11.2 Å². The average Bonchev–Trinajstić information content (AvgIpc) is 3.22. The zero-order valence-corrected chi connectivity index (χ0v) is 15.0. The standard InChI is InChI=1S/C19H19N5O3/c1-14(16-5-9-17(10-6-16)23-13-20-12-21-23)22(2)19(25)11-15-3-7-18(8-4-15)24(26)27/h3-10,12-14H,11H2,1-2H3/t14-/m1/s1. The number of benzene rings is 2. The maximum Gasteiger partial charge on any atom is 0.269 e. The van der Waals surface area contributed by atoms with Crippen LogP contribution in [0.3, 0.4) is 0 Å². The number of non-ortho nitro benzene ring substituents is 1. The van der Waals surface area contributed by atoms with Crippen molar-refractivity contribution in [1.82, 2.24) is 19.7 Å². The van der Waals surface area contributed by atoms with Gasteiger partial charge in [0.15, 0.2) is 0 Å². The van der Waals surface area contributed by atoms with Gasteiger partial charge in [-0.25, -0.2) is 9.67 Å². The lowest BCUT2D eigenvalue weighted by atomic mass is 10.1. The third-order valence-corrected chi connectivity index (χ3v) is 4.54. The van der Waals surface area contributed by atoms with E-state index in [0.29, 0.717) is 0 Å². The Morgan fingerprint density at radius 2 is 1.85 bits per heavy atom. The van der Waals surface area contributed by atoms with Crippen molar-refractivity contribution in [3.63, 3.8) is 0 Å². The number of amides is 1. The van der Waals surface area contributed by atoms with Gasteiger partial charge in [-0.05, 0) is 30.2 Å². The summed E-state index contributed by atoms with van der Waals surface area (Å²) in [7, 11) is 1.75. The summed E-state index contributed by atoms with van der Waals surface area (Å²) in [5.74, 6) is -0.0586. The molecular weight excluding hydrogens is 346 g/mol. The summed E-state index contributed by atoms with van der Waals surface area (Å²) in [6, 6.07) is 13.7. The van der Waals surface area contributed by atoms with Gasteiger partial charge in [-0.1, -0.05) is 24.3 Å². The van der Waals surface area contributed by atoms with Crippen LogP contribution >= 0.6 is 0 Å². The number of nitro benzene ring substituents is 1. The third-order valence-electron chi connectivity index (χ3n) is 4.54. The van der Waals surface area contributed by atoms with E-state index >= 15 is 0 Å². The van der Waals surface area contributed by atoms with Gasteiger partial charge in [0.1, 0.15) is 12.7 Å². The normalized spacial score (nSPS) is 11.8. The molecule has 2 aromatic carbocycles. The Kier molecular flexibility index (Phi) is 5.25. The number of hydrogen-bond donors (Lipinski definition) is 0. The zero-order chi connectivity index (χ0) is 19.4. The highest BCUT2D eigenvalue weighted by molar-refractivity contribution is 5.79. The van der Waals surface area contributed by atoms with E-state index in [0.717, 1.165) is 16.8 Å². The molecule has 0 fully saturated rings. The van der Waals surface area contributed by atoms with Crippen LogP contribution < -0.4 is 0 Å². The molecule has 0 aliphatic rings. The average molecular weight is 365 g/mol. The lowest BCUT2D eigenvalue weighted by Crippen LogP contribution is -2.30. The number of carbonyl (C=O) groups excluding carboxylic acids is 1. The number of likely N-dealkylation sites (N-methyl/N-ethyl adjacent to an activating group) is 1. The van der Waals surface area contributed by atoms with Crippen molar-refractivity contribution in [1.29, 1.82) is 0 Å². The zero-order valence-electron chi connectivity index (χ0n) is 15.0. The molecule has 0 radical (unpaired) electrons. The molecule has 8 heteroatoms. The molecule has 3 aromatic rings. The van der Waals surface area contributed by atoms with Crippen molar-refractivity contribution in [2.75, 3.05) is 7.05 Å². The van der Waals surface area contributed by atoms with Gasteiger partial charge in [-0.3, -0.25) is 14.9 Å².